The molecule has 0 heterocycles. The highest BCUT2D eigenvalue weighted by Gasteiger charge is 2.21. The molecule has 0 saturated carbocycles. The summed E-state index contributed by atoms with van der Waals surface area (Å²) in [5.41, 5.74) is 0.206. The van der Waals surface area contributed by atoms with Crippen molar-refractivity contribution in [2.45, 2.75) is 32.9 Å². The molecule has 8 heteroatoms. The Kier molecular flexibility index (Phi) is 7.08. The van der Waals surface area contributed by atoms with E-state index < -0.39 is 24.0 Å². The molecule has 0 aliphatic carbocycles. The van der Waals surface area contributed by atoms with Gasteiger partial charge in [-0.25, -0.2) is 14.0 Å². The van der Waals surface area contributed by atoms with Gasteiger partial charge in [0.15, 0.2) is 6.10 Å². The number of esters is 1. The standard InChI is InChI=1S/C20H21FN2O5/c1-12(2)22-20(26)23-18(24)13(3)27-19(25)14-4-8-16(9-5-14)28-17-10-6-15(21)7-11-17/h4-13H,1-3H3,(H2,22,23,24,26). The molecule has 28 heavy (non-hydrogen) atoms. The molecular weight excluding hydrogens is 367 g/mol. The summed E-state index contributed by atoms with van der Waals surface area (Å²) < 4.78 is 23.5. The van der Waals surface area contributed by atoms with Crippen LogP contribution in [-0.4, -0.2) is 30.1 Å². The van der Waals surface area contributed by atoms with Crippen LogP contribution in [0.2, 0.25) is 0 Å². The monoisotopic (exact) mass is 388 g/mol. The lowest BCUT2D eigenvalue weighted by Crippen LogP contribution is -2.46. The van der Waals surface area contributed by atoms with E-state index in [1.54, 1.807) is 26.0 Å². The van der Waals surface area contributed by atoms with Gasteiger partial charge in [0.05, 0.1) is 5.56 Å². The maximum Gasteiger partial charge on any atom is 0.338 e. The van der Waals surface area contributed by atoms with E-state index in [0.717, 1.165) is 0 Å². The number of hydrogen-bond donors (Lipinski definition) is 2. The molecule has 2 aromatic carbocycles. The summed E-state index contributed by atoms with van der Waals surface area (Å²) in [5.74, 6) is -0.936. The van der Waals surface area contributed by atoms with Gasteiger partial charge >= 0.3 is 12.0 Å². The predicted molar refractivity (Wildman–Crippen MR) is 99.6 cm³/mol. The molecule has 0 bridgehead atoms. The highest BCUT2D eigenvalue weighted by atomic mass is 19.1. The summed E-state index contributed by atoms with van der Waals surface area (Å²) >= 11 is 0. The number of halogens is 1. The van der Waals surface area contributed by atoms with Crippen LogP contribution in [0.4, 0.5) is 9.18 Å². The molecule has 0 saturated heterocycles. The van der Waals surface area contributed by atoms with Gasteiger partial charge < -0.3 is 14.8 Å². The Bertz CT molecular complexity index is 835. The molecule has 7 nitrogen and oxygen atoms in total. The average molecular weight is 388 g/mol. The van der Waals surface area contributed by atoms with Crippen LogP contribution in [0.3, 0.4) is 0 Å². The van der Waals surface area contributed by atoms with E-state index in [-0.39, 0.29) is 17.4 Å². The lowest BCUT2D eigenvalue weighted by molar-refractivity contribution is -0.127. The third kappa shape index (κ3) is 6.39. The molecule has 0 radical (unpaired) electrons. The second-order valence-corrected chi connectivity index (χ2v) is 6.25. The fraction of sp³-hybridized carbons (Fsp3) is 0.250. The van der Waals surface area contributed by atoms with Crippen molar-refractivity contribution < 1.29 is 28.2 Å². The summed E-state index contributed by atoms with van der Waals surface area (Å²) in [4.78, 5) is 35.5. The van der Waals surface area contributed by atoms with Gasteiger partial charge in [-0.3, -0.25) is 10.1 Å². The number of ether oxygens (including phenoxy) is 2. The van der Waals surface area contributed by atoms with E-state index in [1.807, 2.05) is 0 Å². The van der Waals surface area contributed by atoms with Crippen LogP contribution >= 0.6 is 0 Å². The summed E-state index contributed by atoms with van der Waals surface area (Å²) in [6.45, 7) is 4.86. The van der Waals surface area contributed by atoms with Crippen LogP contribution in [0.1, 0.15) is 31.1 Å². The number of hydrogen-bond acceptors (Lipinski definition) is 5. The molecule has 3 amide bonds. The van der Waals surface area contributed by atoms with Gasteiger partial charge in [0, 0.05) is 6.04 Å². The number of carbonyl (C=O) groups is 3. The topological polar surface area (TPSA) is 93.7 Å². The predicted octanol–water partition coefficient (Wildman–Crippen LogP) is 3.40. The Morgan fingerprint density at radius 3 is 1.96 bits per heavy atom. The summed E-state index contributed by atoms with van der Waals surface area (Å²) in [7, 11) is 0. The largest absolute Gasteiger partial charge is 0.457 e. The van der Waals surface area contributed by atoms with Crippen LogP contribution in [0.5, 0.6) is 11.5 Å². The first-order valence-electron chi connectivity index (χ1n) is 8.60. The Morgan fingerprint density at radius 1 is 0.893 bits per heavy atom. The first-order chi connectivity index (χ1) is 13.2. The molecule has 0 aliphatic heterocycles. The number of carbonyl (C=O) groups excluding carboxylic acids is 3. The van der Waals surface area contributed by atoms with E-state index >= 15 is 0 Å². The molecule has 1 unspecified atom stereocenters. The van der Waals surface area contributed by atoms with E-state index in [9.17, 15) is 18.8 Å². The summed E-state index contributed by atoms with van der Waals surface area (Å²) in [5, 5.41) is 4.59. The van der Waals surface area contributed by atoms with Gasteiger partial charge in [-0.2, -0.15) is 0 Å². The SMILES string of the molecule is CC(C)NC(=O)NC(=O)C(C)OC(=O)c1ccc(Oc2ccc(F)cc2)cc1. The molecule has 2 aromatic rings. The van der Waals surface area contributed by atoms with Gasteiger partial charge in [0.1, 0.15) is 17.3 Å². The number of amides is 3. The normalized spacial score (nSPS) is 11.5. The molecular formula is C20H21FN2O5. The maximum atomic E-state index is 12.9. The second-order valence-electron chi connectivity index (χ2n) is 6.25. The maximum absolute atomic E-state index is 12.9. The molecule has 2 rings (SSSR count). The van der Waals surface area contributed by atoms with Crippen LogP contribution in [0.25, 0.3) is 0 Å². The molecule has 0 spiro atoms. The third-order valence-electron chi connectivity index (χ3n) is 3.45. The van der Waals surface area contributed by atoms with Crippen LogP contribution < -0.4 is 15.4 Å². The highest BCUT2D eigenvalue weighted by molar-refractivity contribution is 5.98. The average Bonchev–Trinajstić information content (AvgIpc) is 2.63. The van der Waals surface area contributed by atoms with Crippen molar-refractivity contribution >= 4 is 17.9 Å². The van der Waals surface area contributed by atoms with Crippen molar-refractivity contribution in [3.8, 4) is 11.5 Å². The summed E-state index contributed by atoms with van der Waals surface area (Å²) in [6.07, 6.45) is -1.15. The van der Waals surface area contributed by atoms with E-state index in [0.29, 0.717) is 11.5 Å². The van der Waals surface area contributed by atoms with E-state index in [4.69, 9.17) is 9.47 Å². The fourth-order valence-electron chi connectivity index (χ4n) is 2.09. The van der Waals surface area contributed by atoms with E-state index in [1.165, 1.54) is 43.3 Å². The Labute approximate surface area is 161 Å². The van der Waals surface area contributed by atoms with Crippen molar-refractivity contribution in [1.82, 2.24) is 10.6 Å². The molecule has 148 valence electrons. The van der Waals surface area contributed by atoms with Gasteiger partial charge in [0.25, 0.3) is 5.91 Å². The van der Waals surface area contributed by atoms with Gasteiger partial charge in [-0.15, -0.1) is 0 Å². The van der Waals surface area contributed by atoms with Gasteiger partial charge in [0.2, 0.25) is 0 Å². The first kappa shape index (κ1) is 20.9. The molecule has 0 fully saturated rings. The lowest BCUT2D eigenvalue weighted by atomic mass is 10.2. The second kappa shape index (κ2) is 9.50. The molecule has 1 atom stereocenters. The smallest absolute Gasteiger partial charge is 0.338 e. The Balaban J connectivity index is 1.90. The number of rotatable bonds is 6. The quantitative estimate of drug-likeness (QED) is 0.740. The van der Waals surface area contributed by atoms with Crippen molar-refractivity contribution in [2.24, 2.45) is 0 Å². The summed E-state index contributed by atoms with van der Waals surface area (Å²) in [6, 6.07) is 10.7. The first-order valence-corrected chi connectivity index (χ1v) is 8.60. The molecule has 2 N–H and O–H groups in total. The Hall–Kier alpha value is -3.42. The minimum atomic E-state index is -1.15. The van der Waals surface area contributed by atoms with Crippen molar-refractivity contribution in [2.75, 3.05) is 0 Å². The minimum Gasteiger partial charge on any atom is -0.457 e. The number of nitrogens with one attached hydrogen (secondary N) is 2. The fourth-order valence-corrected chi connectivity index (χ4v) is 2.09. The van der Waals surface area contributed by atoms with Gasteiger partial charge in [-0.1, -0.05) is 0 Å². The van der Waals surface area contributed by atoms with Crippen molar-refractivity contribution in [3.05, 3.63) is 59.9 Å². The third-order valence-corrected chi connectivity index (χ3v) is 3.45. The van der Waals surface area contributed by atoms with Crippen molar-refractivity contribution in [3.63, 3.8) is 0 Å². The van der Waals surface area contributed by atoms with Crippen LogP contribution in [0.15, 0.2) is 48.5 Å². The zero-order valence-electron chi connectivity index (χ0n) is 15.7. The Morgan fingerprint density at radius 2 is 1.43 bits per heavy atom. The van der Waals surface area contributed by atoms with Crippen LogP contribution in [-0.2, 0) is 9.53 Å². The lowest BCUT2D eigenvalue weighted by Gasteiger charge is -2.14. The number of benzene rings is 2. The molecule has 0 aliphatic rings. The van der Waals surface area contributed by atoms with Crippen molar-refractivity contribution in [1.29, 1.82) is 0 Å². The number of imide groups is 1. The van der Waals surface area contributed by atoms with E-state index in [2.05, 4.69) is 10.6 Å². The molecule has 0 aromatic heterocycles. The van der Waals surface area contributed by atoms with Gasteiger partial charge in [-0.05, 0) is 69.3 Å². The van der Waals surface area contributed by atoms with Crippen LogP contribution in [0, 0.1) is 5.82 Å². The zero-order valence-corrected chi connectivity index (χ0v) is 15.7. The number of urea groups is 1. The highest BCUT2D eigenvalue weighted by Crippen LogP contribution is 2.22. The zero-order chi connectivity index (χ0) is 20.7. The minimum absolute atomic E-state index is 0.138.